The molecule has 1 amide bonds. The summed E-state index contributed by atoms with van der Waals surface area (Å²) in [6.07, 6.45) is 5.26. The summed E-state index contributed by atoms with van der Waals surface area (Å²) in [7, 11) is -3.72. The number of carbonyl (C=O) groups excluding carboxylic acids is 1. The van der Waals surface area contributed by atoms with Gasteiger partial charge in [-0.05, 0) is 42.5 Å². The molecule has 1 N–H and O–H groups in total. The molecule has 1 aromatic carbocycles. The highest BCUT2D eigenvalue weighted by molar-refractivity contribution is 7.89. The van der Waals surface area contributed by atoms with Crippen molar-refractivity contribution in [2.75, 3.05) is 18.4 Å². The summed E-state index contributed by atoms with van der Waals surface area (Å²) in [5, 5.41) is 6.82. The number of aromatic nitrogens is 2. The Hall–Kier alpha value is -2.91. The van der Waals surface area contributed by atoms with Crippen LogP contribution in [0.25, 0.3) is 0 Å². The van der Waals surface area contributed by atoms with E-state index in [1.165, 1.54) is 22.0 Å². The third kappa shape index (κ3) is 4.72. The molecule has 0 aliphatic carbocycles. The van der Waals surface area contributed by atoms with Crippen LogP contribution in [0.5, 0.6) is 0 Å². The minimum Gasteiger partial charge on any atom is -0.438 e. The summed E-state index contributed by atoms with van der Waals surface area (Å²) in [6, 6.07) is 12.6. The van der Waals surface area contributed by atoms with Gasteiger partial charge in [-0.1, -0.05) is 37.6 Å². The van der Waals surface area contributed by atoms with Crippen molar-refractivity contribution in [1.82, 2.24) is 14.1 Å². The first-order valence-electron chi connectivity index (χ1n) is 10.5. The van der Waals surface area contributed by atoms with E-state index < -0.39 is 15.9 Å². The molecule has 4 rings (SSSR count). The van der Waals surface area contributed by atoms with Gasteiger partial charge in [-0.15, -0.1) is 0 Å². The Kier molecular flexibility index (Phi) is 6.24. The van der Waals surface area contributed by atoms with E-state index in [0.29, 0.717) is 25.5 Å². The average molecular weight is 443 g/mol. The maximum Gasteiger partial charge on any atom is 0.292 e. The maximum absolute atomic E-state index is 12.7. The zero-order valence-electron chi connectivity index (χ0n) is 17.5. The molecule has 1 saturated heterocycles. The molecule has 1 aliphatic rings. The first-order valence-corrected chi connectivity index (χ1v) is 11.9. The smallest absolute Gasteiger partial charge is 0.292 e. The van der Waals surface area contributed by atoms with Crippen molar-refractivity contribution >= 4 is 21.7 Å². The summed E-state index contributed by atoms with van der Waals surface area (Å²) < 4.78 is 34.0. The van der Waals surface area contributed by atoms with Crippen molar-refractivity contribution in [3.05, 3.63) is 65.5 Å². The third-order valence-electron chi connectivity index (χ3n) is 5.44. The molecule has 9 heteroatoms. The van der Waals surface area contributed by atoms with Crippen LogP contribution >= 0.6 is 0 Å². The van der Waals surface area contributed by atoms with Gasteiger partial charge in [0.25, 0.3) is 15.9 Å². The molecule has 2 aromatic heterocycles. The Bertz CT molecular complexity index is 1140. The second kappa shape index (κ2) is 9.07. The number of amides is 1. The minimum atomic E-state index is -3.72. The van der Waals surface area contributed by atoms with E-state index in [2.05, 4.69) is 29.5 Å². The van der Waals surface area contributed by atoms with Gasteiger partial charge in [-0.2, -0.15) is 9.40 Å². The molecule has 1 fully saturated rings. The zero-order chi connectivity index (χ0) is 21.8. The highest BCUT2D eigenvalue weighted by atomic mass is 32.2. The standard InChI is InChI=1S/C22H26N4O4S/c1-2-17-6-8-18(9-7-17)16-26-20(12-13-23-26)24-22(27)19-10-11-21(30-19)31(28,29)25-14-4-3-5-15-25/h6-13H,2-5,14-16H2,1H3,(H,24,27). The van der Waals surface area contributed by atoms with Crippen molar-refractivity contribution in [3.8, 4) is 0 Å². The fraction of sp³-hybridized carbons (Fsp3) is 0.364. The van der Waals surface area contributed by atoms with Crippen molar-refractivity contribution in [3.63, 3.8) is 0 Å². The van der Waals surface area contributed by atoms with Crippen LogP contribution in [0.15, 0.2) is 58.2 Å². The number of hydrogen-bond acceptors (Lipinski definition) is 5. The molecule has 0 radical (unpaired) electrons. The number of benzene rings is 1. The average Bonchev–Trinajstić information content (AvgIpc) is 3.45. The van der Waals surface area contributed by atoms with Gasteiger partial charge in [-0.25, -0.2) is 13.1 Å². The number of nitrogens with one attached hydrogen (secondary N) is 1. The number of sulfonamides is 1. The summed E-state index contributed by atoms with van der Waals surface area (Å²) >= 11 is 0. The summed E-state index contributed by atoms with van der Waals surface area (Å²) in [5.74, 6) is -0.0831. The summed E-state index contributed by atoms with van der Waals surface area (Å²) in [5.41, 5.74) is 2.31. The highest BCUT2D eigenvalue weighted by Gasteiger charge is 2.29. The quantitative estimate of drug-likeness (QED) is 0.604. The van der Waals surface area contributed by atoms with Crippen LogP contribution in [0.4, 0.5) is 5.82 Å². The van der Waals surface area contributed by atoms with E-state index in [-0.39, 0.29) is 10.9 Å². The number of anilines is 1. The summed E-state index contributed by atoms with van der Waals surface area (Å²) in [4.78, 5) is 12.7. The molecule has 0 spiro atoms. The number of hydrogen-bond donors (Lipinski definition) is 1. The molecule has 0 saturated carbocycles. The zero-order valence-corrected chi connectivity index (χ0v) is 18.3. The second-order valence-electron chi connectivity index (χ2n) is 7.58. The molecular weight excluding hydrogens is 416 g/mol. The van der Waals surface area contributed by atoms with Gasteiger partial charge in [0, 0.05) is 19.2 Å². The molecule has 8 nitrogen and oxygen atoms in total. The van der Waals surface area contributed by atoms with Crippen LogP contribution in [0.2, 0.25) is 0 Å². The molecule has 0 atom stereocenters. The molecule has 31 heavy (non-hydrogen) atoms. The lowest BCUT2D eigenvalue weighted by Gasteiger charge is -2.24. The van der Waals surface area contributed by atoms with Crippen LogP contribution in [0, 0.1) is 0 Å². The topological polar surface area (TPSA) is 97.4 Å². The normalized spacial score (nSPS) is 15.1. The van der Waals surface area contributed by atoms with Gasteiger partial charge < -0.3 is 9.73 Å². The van der Waals surface area contributed by atoms with Crippen molar-refractivity contribution < 1.29 is 17.6 Å². The van der Waals surface area contributed by atoms with E-state index in [9.17, 15) is 13.2 Å². The Labute approximate surface area is 181 Å². The van der Waals surface area contributed by atoms with Crippen LogP contribution in [-0.4, -0.2) is 41.5 Å². The second-order valence-corrected chi connectivity index (χ2v) is 9.45. The molecule has 3 aromatic rings. The lowest BCUT2D eigenvalue weighted by molar-refractivity contribution is 0.0990. The molecule has 1 aliphatic heterocycles. The number of nitrogens with zero attached hydrogens (tertiary/aromatic N) is 3. The lowest BCUT2D eigenvalue weighted by Crippen LogP contribution is -2.35. The van der Waals surface area contributed by atoms with E-state index in [1.807, 2.05) is 12.1 Å². The van der Waals surface area contributed by atoms with Gasteiger partial charge in [0.2, 0.25) is 5.09 Å². The van der Waals surface area contributed by atoms with Crippen LogP contribution in [0.3, 0.4) is 0 Å². The Morgan fingerprint density at radius 1 is 1.03 bits per heavy atom. The van der Waals surface area contributed by atoms with Gasteiger partial charge in [0.1, 0.15) is 5.82 Å². The first-order chi connectivity index (χ1) is 15.0. The predicted molar refractivity (Wildman–Crippen MR) is 116 cm³/mol. The fourth-order valence-electron chi connectivity index (χ4n) is 3.61. The van der Waals surface area contributed by atoms with E-state index in [0.717, 1.165) is 31.2 Å². The number of carbonyl (C=O) groups is 1. The molecule has 164 valence electrons. The Morgan fingerprint density at radius 3 is 2.45 bits per heavy atom. The van der Waals surface area contributed by atoms with E-state index in [1.54, 1.807) is 16.9 Å². The largest absolute Gasteiger partial charge is 0.438 e. The van der Waals surface area contributed by atoms with Gasteiger partial charge in [-0.3, -0.25) is 4.79 Å². The van der Waals surface area contributed by atoms with Crippen molar-refractivity contribution in [2.24, 2.45) is 0 Å². The Balaban J connectivity index is 1.45. The first kappa shape index (κ1) is 21.3. The monoisotopic (exact) mass is 442 g/mol. The lowest BCUT2D eigenvalue weighted by atomic mass is 10.1. The van der Waals surface area contributed by atoms with Crippen molar-refractivity contribution in [1.29, 1.82) is 0 Å². The maximum atomic E-state index is 12.7. The number of rotatable bonds is 7. The van der Waals surface area contributed by atoms with E-state index in [4.69, 9.17) is 4.42 Å². The SMILES string of the molecule is CCc1ccc(Cn2nccc2NC(=O)c2ccc(S(=O)(=O)N3CCCCC3)o2)cc1. The number of piperidine rings is 1. The molecule has 3 heterocycles. The van der Waals surface area contributed by atoms with Crippen molar-refractivity contribution in [2.45, 2.75) is 44.2 Å². The van der Waals surface area contributed by atoms with Gasteiger partial charge in [0.05, 0.1) is 12.7 Å². The van der Waals surface area contributed by atoms with Gasteiger partial charge >= 0.3 is 0 Å². The van der Waals surface area contributed by atoms with Gasteiger partial charge in [0.15, 0.2) is 5.76 Å². The Morgan fingerprint density at radius 2 is 1.74 bits per heavy atom. The molecule has 0 unspecified atom stereocenters. The minimum absolute atomic E-state index is 0.0596. The third-order valence-corrected chi connectivity index (χ3v) is 7.21. The fourth-order valence-corrected chi connectivity index (χ4v) is 5.04. The van der Waals surface area contributed by atoms with E-state index >= 15 is 0 Å². The number of aryl methyl sites for hydroxylation is 1. The number of furan rings is 1. The van der Waals surface area contributed by atoms with Crippen LogP contribution < -0.4 is 5.32 Å². The predicted octanol–water partition coefficient (Wildman–Crippen LogP) is 3.51. The van der Waals surface area contributed by atoms with Crippen LogP contribution in [-0.2, 0) is 23.0 Å². The highest BCUT2D eigenvalue weighted by Crippen LogP contribution is 2.23. The van der Waals surface area contributed by atoms with Crippen LogP contribution in [0.1, 0.15) is 47.9 Å². The summed E-state index contributed by atoms with van der Waals surface area (Å²) in [6.45, 7) is 3.55. The molecular formula is C22H26N4O4S. The molecule has 0 bridgehead atoms.